The normalized spacial score (nSPS) is 16.1. The number of rotatable bonds is 10. The van der Waals surface area contributed by atoms with Gasteiger partial charge in [0.05, 0.1) is 26.4 Å². The van der Waals surface area contributed by atoms with E-state index in [1.807, 2.05) is 48.5 Å². The molecule has 1 aliphatic heterocycles. The second-order valence-corrected chi connectivity index (χ2v) is 7.36. The van der Waals surface area contributed by atoms with Crippen LogP contribution in [-0.4, -0.2) is 57.4 Å². The quantitative estimate of drug-likeness (QED) is 0.208. The summed E-state index contributed by atoms with van der Waals surface area (Å²) in [5.41, 5.74) is 1.07. The fraction of sp³-hybridized carbons (Fsp3) is 0.458. The Morgan fingerprint density at radius 1 is 1.10 bits per heavy atom. The minimum absolute atomic E-state index is 0. The predicted octanol–water partition coefficient (Wildman–Crippen LogP) is 4.55. The molecule has 31 heavy (non-hydrogen) atoms. The molecule has 170 valence electrons. The highest BCUT2D eigenvalue weighted by molar-refractivity contribution is 14.0. The van der Waals surface area contributed by atoms with Gasteiger partial charge in [-0.15, -0.1) is 24.0 Å². The van der Waals surface area contributed by atoms with Crippen molar-refractivity contribution in [3.05, 3.63) is 60.2 Å². The molecular formula is C24H34IN3O3. The Morgan fingerprint density at radius 2 is 1.87 bits per heavy atom. The van der Waals surface area contributed by atoms with E-state index in [4.69, 9.17) is 19.2 Å². The van der Waals surface area contributed by atoms with E-state index in [1.165, 1.54) is 0 Å². The first-order chi connectivity index (χ1) is 14.8. The zero-order chi connectivity index (χ0) is 21.0. The number of hydrogen-bond donors (Lipinski definition) is 1. The van der Waals surface area contributed by atoms with Crippen molar-refractivity contribution < 1.29 is 14.2 Å². The Morgan fingerprint density at radius 3 is 2.65 bits per heavy atom. The van der Waals surface area contributed by atoms with Gasteiger partial charge in [0, 0.05) is 38.2 Å². The molecule has 6 nitrogen and oxygen atoms in total. The number of aliphatic imine (C=N–C) groups is 1. The summed E-state index contributed by atoms with van der Waals surface area (Å²) in [5.74, 6) is 3.15. The van der Waals surface area contributed by atoms with Crippen LogP contribution < -0.4 is 10.1 Å². The van der Waals surface area contributed by atoms with Gasteiger partial charge in [-0.2, -0.15) is 0 Å². The van der Waals surface area contributed by atoms with E-state index in [0.29, 0.717) is 25.7 Å². The molecule has 0 aliphatic carbocycles. The highest BCUT2D eigenvalue weighted by Gasteiger charge is 2.25. The molecule has 1 unspecified atom stereocenters. The monoisotopic (exact) mass is 539 g/mol. The third-order valence-electron chi connectivity index (χ3n) is 5.05. The topological polar surface area (TPSA) is 55.3 Å². The van der Waals surface area contributed by atoms with Crippen LogP contribution in [-0.2, 0) is 16.0 Å². The fourth-order valence-corrected chi connectivity index (χ4v) is 3.49. The lowest BCUT2D eigenvalue weighted by Gasteiger charge is -2.22. The van der Waals surface area contributed by atoms with Gasteiger partial charge in [0.2, 0.25) is 0 Å². The van der Waals surface area contributed by atoms with Gasteiger partial charge in [-0.3, -0.25) is 0 Å². The molecule has 2 aromatic rings. The molecule has 2 aromatic carbocycles. The van der Waals surface area contributed by atoms with Gasteiger partial charge in [-0.1, -0.05) is 36.4 Å². The molecule has 1 N–H and O–H groups in total. The first-order valence-electron chi connectivity index (χ1n) is 10.7. The summed E-state index contributed by atoms with van der Waals surface area (Å²) in [6.07, 6.45) is 1.12. The van der Waals surface area contributed by atoms with Gasteiger partial charge < -0.3 is 24.4 Å². The lowest BCUT2D eigenvalue weighted by atomic mass is 10.1. The Balaban J connectivity index is 0.00000341. The summed E-state index contributed by atoms with van der Waals surface area (Å²) < 4.78 is 16.8. The first-order valence-corrected chi connectivity index (χ1v) is 10.7. The number of likely N-dealkylation sites (tertiary alicyclic amines) is 1. The van der Waals surface area contributed by atoms with Crippen LogP contribution >= 0.6 is 24.0 Å². The number of nitrogens with one attached hydrogen (secondary N) is 1. The van der Waals surface area contributed by atoms with Crippen LogP contribution in [0, 0.1) is 5.92 Å². The van der Waals surface area contributed by atoms with Gasteiger partial charge in [0.25, 0.3) is 0 Å². The zero-order valence-corrected chi connectivity index (χ0v) is 20.8. The van der Waals surface area contributed by atoms with Crippen LogP contribution in [0.1, 0.15) is 18.9 Å². The molecule has 0 aromatic heterocycles. The molecule has 1 aliphatic rings. The third-order valence-corrected chi connectivity index (χ3v) is 5.05. The van der Waals surface area contributed by atoms with Gasteiger partial charge in [0.15, 0.2) is 5.96 Å². The lowest BCUT2D eigenvalue weighted by Crippen LogP contribution is -2.40. The van der Waals surface area contributed by atoms with Crippen molar-refractivity contribution in [2.45, 2.75) is 19.9 Å². The molecule has 7 heteroatoms. The maximum atomic E-state index is 6.08. The number of guanidine groups is 1. The molecular weight excluding hydrogens is 505 g/mol. The van der Waals surface area contributed by atoms with Gasteiger partial charge in [-0.05, 0) is 31.5 Å². The van der Waals surface area contributed by atoms with Crippen LogP contribution in [0.5, 0.6) is 11.5 Å². The zero-order valence-electron chi connectivity index (χ0n) is 18.5. The maximum absolute atomic E-state index is 6.08. The van der Waals surface area contributed by atoms with Gasteiger partial charge in [0.1, 0.15) is 11.5 Å². The summed E-state index contributed by atoms with van der Waals surface area (Å²) in [5, 5.41) is 3.44. The number of nitrogens with zero attached hydrogens (tertiary/aromatic N) is 2. The summed E-state index contributed by atoms with van der Waals surface area (Å²) >= 11 is 0. The Bertz CT molecular complexity index is 789. The molecule has 1 atom stereocenters. The second-order valence-electron chi connectivity index (χ2n) is 7.36. The minimum atomic E-state index is 0. The number of methoxy groups -OCH3 is 1. The number of hydrogen-bond acceptors (Lipinski definition) is 4. The Kier molecular flexibility index (Phi) is 11.7. The largest absolute Gasteiger partial charge is 0.457 e. The van der Waals surface area contributed by atoms with E-state index >= 15 is 0 Å². The van der Waals surface area contributed by atoms with E-state index in [9.17, 15) is 0 Å². The lowest BCUT2D eigenvalue weighted by molar-refractivity contribution is 0.0536. The molecule has 3 rings (SSSR count). The molecule has 0 bridgehead atoms. The SMILES string of the molecule is CCNC(=NCc1ccccc1Oc1ccccc1)N1CCC(COCCOC)C1.I. The Hall–Kier alpha value is -1.84. The summed E-state index contributed by atoms with van der Waals surface area (Å²) in [7, 11) is 1.70. The molecule has 0 radical (unpaired) electrons. The number of halogens is 1. The van der Waals surface area contributed by atoms with Crippen molar-refractivity contribution in [2.24, 2.45) is 10.9 Å². The van der Waals surface area contributed by atoms with Gasteiger partial charge in [-0.25, -0.2) is 4.99 Å². The first kappa shape index (κ1) is 25.4. The predicted molar refractivity (Wildman–Crippen MR) is 136 cm³/mol. The van der Waals surface area contributed by atoms with Crippen LogP contribution in [0.2, 0.25) is 0 Å². The van der Waals surface area contributed by atoms with Crippen molar-refractivity contribution >= 4 is 29.9 Å². The molecule has 1 heterocycles. The molecule has 1 saturated heterocycles. The second kappa shape index (κ2) is 14.3. The molecule has 0 saturated carbocycles. The van der Waals surface area contributed by atoms with Crippen LogP contribution in [0.15, 0.2) is 59.6 Å². The number of ether oxygens (including phenoxy) is 3. The summed E-state index contributed by atoms with van der Waals surface area (Å²) in [6, 6.07) is 17.9. The highest BCUT2D eigenvalue weighted by Crippen LogP contribution is 2.26. The minimum Gasteiger partial charge on any atom is -0.457 e. The van der Waals surface area contributed by atoms with E-state index in [2.05, 4.69) is 23.2 Å². The number of para-hydroxylation sites is 2. The number of benzene rings is 2. The van der Waals surface area contributed by atoms with Crippen LogP contribution in [0.3, 0.4) is 0 Å². The molecule has 0 amide bonds. The smallest absolute Gasteiger partial charge is 0.194 e. The maximum Gasteiger partial charge on any atom is 0.194 e. The van der Waals surface area contributed by atoms with Crippen molar-refractivity contribution in [1.29, 1.82) is 0 Å². The van der Waals surface area contributed by atoms with Crippen molar-refractivity contribution in [3.8, 4) is 11.5 Å². The summed E-state index contributed by atoms with van der Waals surface area (Å²) in [4.78, 5) is 7.23. The standard InChI is InChI=1S/C24H33N3O3.HI/c1-3-25-24(27-14-13-20(18-27)19-29-16-15-28-2)26-17-21-9-7-8-12-23(21)30-22-10-5-4-6-11-22;/h4-12,20H,3,13-19H2,1-2H3,(H,25,26);1H. The average Bonchev–Trinajstić information content (AvgIpc) is 3.25. The average molecular weight is 539 g/mol. The van der Waals surface area contributed by atoms with Crippen LogP contribution in [0.25, 0.3) is 0 Å². The van der Waals surface area contributed by atoms with E-state index in [-0.39, 0.29) is 24.0 Å². The molecule has 0 spiro atoms. The Labute approximate surface area is 203 Å². The van der Waals surface area contributed by atoms with E-state index in [1.54, 1.807) is 7.11 Å². The van der Waals surface area contributed by atoms with Crippen molar-refractivity contribution in [2.75, 3.05) is 46.6 Å². The molecule has 1 fully saturated rings. The van der Waals surface area contributed by atoms with Crippen LogP contribution in [0.4, 0.5) is 0 Å². The van der Waals surface area contributed by atoms with Crippen molar-refractivity contribution in [3.63, 3.8) is 0 Å². The van der Waals surface area contributed by atoms with Crippen molar-refractivity contribution in [1.82, 2.24) is 10.2 Å². The van der Waals surface area contributed by atoms with Gasteiger partial charge >= 0.3 is 0 Å². The summed E-state index contributed by atoms with van der Waals surface area (Å²) in [6.45, 7) is 7.53. The highest BCUT2D eigenvalue weighted by atomic mass is 127. The van der Waals surface area contributed by atoms with E-state index in [0.717, 1.165) is 55.7 Å². The van der Waals surface area contributed by atoms with E-state index < -0.39 is 0 Å². The third kappa shape index (κ3) is 8.31. The fourth-order valence-electron chi connectivity index (χ4n) is 3.49.